The van der Waals surface area contributed by atoms with E-state index in [-0.39, 0.29) is 0 Å². The van der Waals surface area contributed by atoms with Crippen LogP contribution in [0.5, 0.6) is 0 Å². The summed E-state index contributed by atoms with van der Waals surface area (Å²) in [6.45, 7) is 3.80. The summed E-state index contributed by atoms with van der Waals surface area (Å²) in [4.78, 5) is 4.25. The summed E-state index contributed by atoms with van der Waals surface area (Å²) < 4.78 is 0. The molecule has 13 heavy (non-hydrogen) atoms. The van der Waals surface area contributed by atoms with E-state index < -0.39 is 6.10 Å². The van der Waals surface area contributed by atoms with E-state index in [1.807, 2.05) is 26.0 Å². The molecule has 0 radical (unpaired) electrons. The van der Waals surface area contributed by atoms with Crippen molar-refractivity contribution in [2.24, 2.45) is 0 Å². The van der Waals surface area contributed by atoms with Gasteiger partial charge in [-0.3, -0.25) is 4.98 Å². The SMILES string of the molecule is C#CCC(O)c1ccc(C)nc1C. The smallest absolute Gasteiger partial charge is 0.0916 e. The first-order valence-electron chi connectivity index (χ1n) is 4.21. The first-order chi connectivity index (χ1) is 6.15. The van der Waals surface area contributed by atoms with Crippen LogP contribution < -0.4 is 0 Å². The van der Waals surface area contributed by atoms with Gasteiger partial charge in [-0.1, -0.05) is 6.07 Å². The Morgan fingerprint density at radius 2 is 2.23 bits per heavy atom. The lowest BCUT2D eigenvalue weighted by atomic mass is 10.1. The molecule has 0 fully saturated rings. The van der Waals surface area contributed by atoms with Crippen LogP contribution >= 0.6 is 0 Å². The van der Waals surface area contributed by atoms with E-state index in [0.717, 1.165) is 17.0 Å². The third-order valence-corrected chi connectivity index (χ3v) is 1.94. The van der Waals surface area contributed by atoms with Gasteiger partial charge < -0.3 is 5.11 Å². The molecule has 1 atom stereocenters. The van der Waals surface area contributed by atoms with Gasteiger partial charge in [0.05, 0.1) is 6.10 Å². The Morgan fingerprint density at radius 3 is 2.77 bits per heavy atom. The monoisotopic (exact) mass is 175 g/mol. The summed E-state index contributed by atoms with van der Waals surface area (Å²) in [5.41, 5.74) is 2.63. The molecule has 1 aromatic rings. The lowest BCUT2D eigenvalue weighted by molar-refractivity contribution is 0.183. The van der Waals surface area contributed by atoms with E-state index in [0.29, 0.717) is 6.42 Å². The Kier molecular flexibility index (Phi) is 3.05. The second kappa shape index (κ2) is 4.06. The summed E-state index contributed by atoms with van der Waals surface area (Å²) in [6, 6.07) is 3.75. The van der Waals surface area contributed by atoms with E-state index in [9.17, 15) is 5.11 Å². The van der Waals surface area contributed by atoms with Crippen molar-refractivity contribution < 1.29 is 5.11 Å². The predicted molar refractivity (Wildman–Crippen MR) is 52.1 cm³/mol. The molecule has 0 saturated carbocycles. The molecular weight excluding hydrogens is 162 g/mol. The molecule has 0 aliphatic carbocycles. The molecule has 0 bridgehead atoms. The zero-order valence-electron chi connectivity index (χ0n) is 7.91. The predicted octanol–water partition coefficient (Wildman–Crippen LogP) is 1.76. The van der Waals surface area contributed by atoms with Crippen LogP contribution in [-0.4, -0.2) is 10.1 Å². The van der Waals surface area contributed by atoms with Crippen molar-refractivity contribution in [2.45, 2.75) is 26.4 Å². The standard InChI is InChI=1S/C11H13NO/c1-4-5-11(13)10-7-6-8(2)12-9(10)3/h1,6-7,11,13H,5H2,2-3H3. The van der Waals surface area contributed by atoms with E-state index in [1.165, 1.54) is 0 Å². The molecule has 2 heteroatoms. The third kappa shape index (κ3) is 2.30. The lowest BCUT2D eigenvalue weighted by Gasteiger charge is -2.10. The zero-order chi connectivity index (χ0) is 9.84. The van der Waals surface area contributed by atoms with Crippen molar-refractivity contribution in [3.8, 4) is 12.3 Å². The van der Waals surface area contributed by atoms with Gasteiger partial charge in [0.15, 0.2) is 0 Å². The van der Waals surface area contributed by atoms with Crippen LogP contribution in [0.2, 0.25) is 0 Å². The average Bonchev–Trinajstić information content (AvgIpc) is 2.04. The molecule has 1 heterocycles. The molecule has 2 nitrogen and oxygen atoms in total. The molecule has 0 aliphatic heterocycles. The fourth-order valence-corrected chi connectivity index (χ4v) is 1.27. The van der Waals surface area contributed by atoms with Crippen LogP contribution in [0, 0.1) is 26.2 Å². The second-order valence-electron chi connectivity index (χ2n) is 3.05. The van der Waals surface area contributed by atoms with Crippen molar-refractivity contribution >= 4 is 0 Å². The van der Waals surface area contributed by atoms with Crippen molar-refractivity contribution in [1.82, 2.24) is 4.98 Å². The zero-order valence-corrected chi connectivity index (χ0v) is 7.91. The summed E-state index contributed by atoms with van der Waals surface area (Å²) in [5.74, 6) is 2.43. The highest BCUT2D eigenvalue weighted by atomic mass is 16.3. The Labute approximate surface area is 78.6 Å². The Balaban J connectivity index is 2.96. The molecule has 0 amide bonds. The van der Waals surface area contributed by atoms with E-state index in [1.54, 1.807) is 0 Å². The number of rotatable bonds is 2. The maximum Gasteiger partial charge on any atom is 0.0916 e. The second-order valence-corrected chi connectivity index (χ2v) is 3.05. The molecule has 0 spiro atoms. The highest BCUT2D eigenvalue weighted by Crippen LogP contribution is 2.18. The van der Waals surface area contributed by atoms with Crippen LogP contribution in [0.1, 0.15) is 29.5 Å². The molecule has 0 aromatic carbocycles. The van der Waals surface area contributed by atoms with E-state index in [4.69, 9.17) is 6.42 Å². The number of aliphatic hydroxyl groups is 1. The normalized spacial score (nSPS) is 12.2. The van der Waals surface area contributed by atoms with Crippen LogP contribution in [0.25, 0.3) is 0 Å². The minimum atomic E-state index is -0.585. The van der Waals surface area contributed by atoms with Gasteiger partial charge in [-0.2, -0.15) is 0 Å². The highest BCUT2D eigenvalue weighted by Gasteiger charge is 2.09. The van der Waals surface area contributed by atoms with E-state index >= 15 is 0 Å². The number of aryl methyl sites for hydroxylation is 2. The fourth-order valence-electron chi connectivity index (χ4n) is 1.27. The third-order valence-electron chi connectivity index (χ3n) is 1.94. The van der Waals surface area contributed by atoms with Gasteiger partial charge in [-0.15, -0.1) is 12.3 Å². The first-order valence-corrected chi connectivity index (χ1v) is 4.21. The summed E-state index contributed by atoms with van der Waals surface area (Å²) in [7, 11) is 0. The van der Waals surface area contributed by atoms with Crippen molar-refractivity contribution in [3.63, 3.8) is 0 Å². The highest BCUT2D eigenvalue weighted by molar-refractivity contribution is 5.24. The molecule has 68 valence electrons. The fraction of sp³-hybridized carbons (Fsp3) is 0.364. The molecule has 1 rings (SSSR count). The van der Waals surface area contributed by atoms with Crippen molar-refractivity contribution in [2.75, 3.05) is 0 Å². The van der Waals surface area contributed by atoms with Gasteiger partial charge in [0.1, 0.15) is 0 Å². The van der Waals surface area contributed by atoms with E-state index in [2.05, 4.69) is 10.9 Å². The van der Waals surface area contributed by atoms with Gasteiger partial charge in [0, 0.05) is 23.4 Å². The average molecular weight is 175 g/mol. The number of aromatic nitrogens is 1. The molecule has 1 unspecified atom stereocenters. The quantitative estimate of drug-likeness (QED) is 0.695. The molecule has 0 aliphatic rings. The molecule has 1 N–H and O–H groups in total. The topological polar surface area (TPSA) is 33.1 Å². The Bertz CT molecular complexity index is 338. The number of pyridine rings is 1. The number of nitrogens with zero attached hydrogens (tertiary/aromatic N) is 1. The number of aliphatic hydroxyl groups excluding tert-OH is 1. The molecular formula is C11H13NO. The number of hydrogen-bond donors (Lipinski definition) is 1. The maximum atomic E-state index is 9.61. The van der Waals surface area contributed by atoms with Crippen molar-refractivity contribution in [1.29, 1.82) is 0 Å². The summed E-state index contributed by atoms with van der Waals surface area (Å²) in [6.07, 6.45) is 4.87. The molecule has 1 aromatic heterocycles. The van der Waals surface area contributed by atoms with Crippen molar-refractivity contribution in [3.05, 3.63) is 29.1 Å². The van der Waals surface area contributed by atoms with Gasteiger partial charge in [-0.05, 0) is 19.9 Å². The Morgan fingerprint density at radius 1 is 1.54 bits per heavy atom. The van der Waals surface area contributed by atoms with Gasteiger partial charge in [-0.25, -0.2) is 0 Å². The Hall–Kier alpha value is -1.33. The van der Waals surface area contributed by atoms with Crippen LogP contribution in [0.3, 0.4) is 0 Å². The van der Waals surface area contributed by atoms with Gasteiger partial charge in [0.2, 0.25) is 0 Å². The van der Waals surface area contributed by atoms with Gasteiger partial charge >= 0.3 is 0 Å². The summed E-state index contributed by atoms with van der Waals surface area (Å²) >= 11 is 0. The minimum absolute atomic E-state index is 0.339. The lowest BCUT2D eigenvalue weighted by Crippen LogP contribution is -2.01. The summed E-state index contributed by atoms with van der Waals surface area (Å²) in [5, 5.41) is 9.61. The number of terminal acetylenes is 1. The number of hydrogen-bond acceptors (Lipinski definition) is 2. The first kappa shape index (κ1) is 9.76. The largest absolute Gasteiger partial charge is 0.387 e. The van der Waals surface area contributed by atoms with Crippen LogP contribution in [0.15, 0.2) is 12.1 Å². The minimum Gasteiger partial charge on any atom is -0.387 e. The van der Waals surface area contributed by atoms with Crippen LogP contribution in [0.4, 0.5) is 0 Å². The van der Waals surface area contributed by atoms with Gasteiger partial charge in [0.25, 0.3) is 0 Å². The molecule has 0 saturated heterocycles. The maximum absolute atomic E-state index is 9.61. The van der Waals surface area contributed by atoms with Crippen LogP contribution in [-0.2, 0) is 0 Å².